The van der Waals surface area contributed by atoms with Crippen molar-refractivity contribution in [2.24, 2.45) is 17.8 Å². The van der Waals surface area contributed by atoms with Crippen molar-refractivity contribution in [3.05, 3.63) is 0 Å². The van der Waals surface area contributed by atoms with Crippen molar-refractivity contribution in [1.29, 1.82) is 0 Å². The highest BCUT2D eigenvalue weighted by Gasteiger charge is 2.30. The molecule has 1 amide bonds. The molecule has 0 spiro atoms. The molecular formula is C20H39Cl2N3O. The fourth-order valence-corrected chi connectivity index (χ4v) is 4.92. The van der Waals surface area contributed by atoms with Gasteiger partial charge in [0.2, 0.25) is 5.91 Å². The SMILES string of the molecule is CC(C)C1CCC(N2CCN(C(=O)CCC3CCNC3)CC2)CC1.Cl.Cl. The highest BCUT2D eigenvalue weighted by Crippen LogP contribution is 2.32. The Kier molecular flexibility index (Phi) is 10.8. The number of carbonyl (C=O) groups excluding carboxylic acids is 1. The van der Waals surface area contributed by atoms with Crippen molar-refractivity contribution in [3.8, 4) is 0 Å². The van der Waals surface area contributed by atoms with Crippen molar-refractivity contribution < 1.29 is 4.79 Å². The van der Waals surface area contributed by atoms with Gasteiger partial charge in [-0.25, -0.2) is 0 Å². The summed E-state index contributed by atoms with van der Waals surface area (Å²) in [6.45, 7) is 11.1. The Morgan fingerprint density at radius 1 is 1.00 bits per heavy atom. The number of nitrogens with one attached hydrogen (secondary N) is 1. The van der Waals surface area contributed by atoms with E-state index in [1.807, 2.05) is 0 Å². The van der Waals surface area contributed by atoms with Crippen LogP contribution in [0.5, 0.6) is 0 Å². The van der Waals surface area contributed by atoms with Crippen molar-refractivity contribution in [1.82, 2.24) is 15.1 Å². The molecule has 0 aromatic heterocycles. The van der Waals surface area contributed by atoms with Crippen LogP contribution in [-0.4, -0.2) is 61.0 Å². The number of rotatable bonds is 5. The standard InChI is InChI=1S/C20H37N3O.2ClH/c1-16(2)18-4-6-19(7-5-18)22-11-13-23(14-12-22)20(24)8-3-17-9-10-21-15-17;;/h16-19,21H,3-15H2,1-2H3;2*1H. The summed E-state index contributed by atoms with van der Waals surface area (Å²) < 4.78 is 0. The number of amides is 1. The third kappa shape index (κ3) is 6.54. The van der Waals surface area contributed by atoms with Gasteiger partial charge in [0, 0.05) is 38.6 Å². The fraction of sp³-hybridized carbons (Fsp3) is 0.950. The molecule has 1 atom stereocenters. The highest BCUT2D eigenvalue weighted by atomic mass is 35.5. The van der Waals surface area contributed by atoms with Crippen LogP contribution < -0.4 is 5.32 Å². The van der Waals surface area contributed by atoms with Crippen molar-refractivity contribution >= 4 is 30.7 Å². The number of carbonyl (C=O) groups is 1. The van der Waals surface area contributed by atoms with E-state index in [4.69, 9.17) is 0 Å². The van der Waals surface area contributed by atoms with E-state index in [0.717, 1.165) is 75.9 Å². The molecule has 3 fully saturated rings. The van der Waals surface area contributed by atoms with Gasteiger partial charge in [-0.1, -0.05) is 13.8 Å². The Morgan fingerprint density at radius 3 is 2.19 bits per heavy atom. The minimum absolute atomic E-state index is 0. The van der Waals surface area contributed by atoms with Crippen LogP contribution in [0.3, 0.4) is 0 Å². The van der Waals surface area contributed by atoms with Gasteiger partial charge in [-0.2, -0.15) is 0 Å². The first-order valence-electron chi connectivity index (χ1n) is 10.4. The molecule has 4 nitrogen and oxygen atoms in total. The predicted octanol–water partition coefficient (Wildman–Crippen LogP) is 3.58. The molecule has 0 aromatic carbocycles. The van der Waals surface area contributed by atoms with Crippen molar-refractivity contribution in [3.63, 3.8) is 0 Å². The molecule has 0 aromatic rings. The summed E-state index contributed by atoms with van der Waals surface area (Å²) in [6, 6.07) is 0.779. The zero-order valence-electron chi connectivity index (χ0n) is 16.6. The van der Waals surface area contributed by atoms with Gasteiger partial charge in [-0.05, 0) is 69.4 Å². The lowest BCUT2D eigenvalue weighted by Crippen LogP contribution is -2.52. The smallest absolute Gasteiger partial charge is 0.222 e. The van der Waals surface area contributed by atoms with Crippen LogP contribution in [0, 0.1) is 17.8 Å². The van der Waals surface area contributed by atoms with Gasteiger partial charge in [-0.15, -0.1) is 24.8 Å². The van der Waals surface area contributed by atoms with E-state index in [1.165, 1.54) is 32.1 Å². The molecule has 6 heteroatoms. The van der Waals surface area contributed by atoms with E-state index in [-0.39, 0.29) is 24.8 Å². The van der Waals surface area contributed by atoms with E-state index in [9.17, 15) is 4.79 Å². The minimum Gasteiger partial charge on any atom is -0.340 e. The van der Waals surface area contributed by atoms with Gasteiger partial charge >= 0.3 is 0 Å². The number of nitrogens with zero attached hydrogens (tertiary/aromatic N) is 2. The molecule has 0 radical (unpaired) electrons. The molecule has 1 aliphatic carbocycles. The summed E-state index contributed by atoms with van der Waals surface area (Å²) in [6.07, 6.45) is 8.61. The van der Waals surface area contributed by atoms with Crippen LogP contribution in [0.1, 0.15) is 58.8 Å². The van der Waals surface area contributed by atoms with Gasteiger partial charge in [-0.3, -0.25) is 9.69 Å². The Balaban J connectivity index is 0.00000169. The Morgan fingerprint density at radius 2 is 1.65 bits per heavy atom. The maximum Gasteiger partial charge on any atom is 0.222 e. The molecule has 3 aliphatic rings. The normalized spacial score (nSPS) is 30.0. The molecule has 1 saturated carbocycles. The second kappa shape index (κ2) is 11.7. The molecular weight excluding hydrogens is 369 g/mol. The zero-order chi connectivity index (χ0) is 16.9. The predicted molar refractivity (Wildman–Crippen MR) is 113 cm³/mol. The summed E-state index contributed by atoms with van der Waals surface area (Å²) >= 11 is 0. The maximum atomic E-state index is 12.4. The monoisotopic (exact) mass is 407 g/mol. The van der Waals surface area contributed by atoms with Crippen molar-refractivity contribution in [2.45, 2.75) is 64.8 Å². The number of halogens is 2. The number of hydrogen-bond donors (Lipinski definition) is 1. The van der Waals surface area contributed by atoms with Crippen LogP contribution in [0.2, 0.25) is 0 Å². The third-order valence-electron chi connectivity index (χ3n) is 6.80. The van der Waals surface area contributed by atoms with Crippen LogP contribution in [0.15, 0.2) is 0 Å². The molecule has 3 rings (SSSR count). The highest BCUT2D eigenvalue weighted by molar-refractivity contribution is 5.85. The quantitative estimate of drug-likeness (QED) is 0.755. The second-order valence-corrected chi connectivity index (χ2v) is 8.63. The molecule has 2 aliphatic heterocycles. The molecule has 1 N–H and O–H groups in total. The number of hydrogen-bond acceptors (Lipinski definition) is 3. The third-order valence-corrected chi connectivity index (χ3v) is 6.80. The van der Waals surface area contributed by atoms with Crippen LogP contribution in [0.4, 0.5) is 0 Å². The van der Waals surface area contributed by atoms with Crippen LogP contribution >= 0.6 is 24.8 Å². The summed E-state index contributed by atoms with van der Waals surface area (Å²) in [5, 5.41) is 3.40. The first-order valence-corrected chi connectivity index (χ1v) is 10.4. The van der Waals surface area contributed by atoms with E-state index in [1.54, 1.807) is 0 Å². The zero-order valence-corrected chi connectivity index (χ0v) is 18.3. The topological polar surface area (TPSA) is 35.6 Å². The van der Waals surface area contributed by atoms with Gasteiger partial charge in [0.25, 0.3) is 0 Å². The first-order chi connectivity index (χ1) is 11.6. The van der Waals surface area contributed by atoms with E-state index in [0.29, 0.717) is 5.91 Å². The summed E-state index contributed by atoms with van der Waals surface area (Å²) in [5.74, 6) is 2.90. The van der Waals surface area contributed by atoms with Gasteiger partial charge in [0.05, 0.1) is 0 Å². The molecule has 2 heterocycles. The largest absolute Gasteiger partial charge is 0.340 e. The summed E-state index contributed by atoms with van der Waals surface area (Å²) in [5.41, 5.74) is 0. The fourth-order valence-electron chi connectivity index (χ4n) is 4.92. The van der Waals surface area contributed by atoms with E-state index in [2.05, 4.69) is 29.0 Å². The molecule has 26 heavy (non-hydrogen) atoms. The first kappa shape index (κ1) is 24.0. The molecule has 1 unspecified atom stereocenters. The van der Waals surface area contributed by atoms with E-state index < -0.39 is 0 Å². The average molecular weight is 408 g/mol. The Bertz CT molecular complexity index is 400. The maximum absolute atomic E-state index is 12.4. The van der Waals surface area contributed by atoms with Crippen molar-refractivity contribution in [2.75, 3.05) is 39.3 Å². The average Bonchev–Trinajstić information content (AvgIpc) is 3.13. The Hall–Kier alpha value is -0.0300. The minimum atomic E-state index is 0. The van der Waals surface area contributed by atoms with Gasteiger partial charge < -0.3 is 10.2 Å². The second-order valence-electron chi connectivity index (χ2n) is 8.63. The molecule has 154 valence electrons. The van der Waals surface area contributed by atoms with Gasteiger partial charge in [0.1, 0.15) is 0 Å². The van der Waals surface area contributed by atoms with Crippen LogP contribution in [-0.2, 0) is 4.79 Å². The van der Waals surface area contributed by atoms with Crippen LogP contribution in [0.25, 0.3) is 0 Å². The number of piperazine rings is 1. The Labute approximate surface area is 172 Å². The summed E-state index contributed by atoms with van der Waals surface area (Å²) in [4.78, 5) is 17.2. The van der Waals surface area contributed by atoms with Gasteiger partial charge in [0.15, 0.2) is 0 Å². The van der Waals surface area contributed by atoms with E-state index >= 15 is 0 Å². The lowest BCUT2D eigenvalue weighted by molar-refractivity contribution is -0.133. The summed E-state index contributed by atoms with van der Waals surface area (Å²) in [7, 11) is 0. The lowest BCUT2D eigenvalue weighted by Gasteiger charge is -2.42. The molecule has 0 bridgehead atoms. The molecule has 2 saturated heterocycles. The lowest BCUT2D eigenvalue weighted by atomic mass is 9.79.